The molecule has 2 atom stereocenters. The van der Waals surface area contributed by atoms with Crippen LogP contribution in [-0.2, 0) is 0 Å². The zero-order valence-corrected chi connectivity index (χ0v) is 18.9. The number of benzene rings is 3. The van der Waals surface area contributed by atoms with Gasteiger partial charge in [-0.05, 0) is 71.3 Å². The van der Waals surface area contributed by atoms with Crippen molar-refractivity contribution in [1.82, 2.24) is 9.97 Å². The average Bonchev–Trinajstić information content (AvgIpc) is 2.89. The van der Waals surface area contributed by atoms with Gasteiger partial charge in [-0.2, -0.15) is 0 Å². The molecule has 3 aromatic carbocycles. The van der Waals surface area contributed by atoms with Gasteiger partial charge < -0.3 is 15.3 Å². The number of aromatic nitrogens is 2. The summed E-state index contributed by atoms with van der Waals surface area (Å²) in [6.07, 6.45) is 3.49. The summed E-state index contributed by atoms with van der Waals surface area (Å²) >= 11 is 0. The molecule has 0 fully saturated rings. The van der Waals surface area contributed by atoms with Gasteiger partial charge in [0.15, 0.2) is 0 Å². The Kier molecular flexibility index (Phi) is 6.14. The second-order valence-electron chi connectivity index (χ2n) is 8.38. The third-order valence-electron chi connectivity index (χ3n) is 6.12. The number of hydrogen-bond donors (Lipinski definition) is 3. The van der Waals surface area contributed by atoms with Gasteiger partial charge in [-0.1, -0.05) is 48.5 Å². The second-order valence-corrected chi connectivity index (χ2v) is 8.38. The van der Waals surface area contributed by atoms with Gasteiger partial charge in [-0.25, -0.2) is 0 Å². The number of phenols is 3. The molecule has 3 N–H and O–H groups in total. The van der Waals surface area contributed by atoms with Crippen LogP contribution in [0.1, 0.15) is 45.5 Å². The Balaban J connectivity index is 1.69. The Morgan fingerprint density at radius 1 is 0.486 bits per heavy atom. The molecule has 0 spiro atoms. The predicted octanol–water partition coefficient (Wildman–Crippen LogP) is 5.95. The van der Waals surface area contributed by atoms with E-state index in [1.807, 2.05) is 72.8 Å². The Morgan fingerprint density at radius 3 is 1.49 bits per heavy atom. The van der Waals surface area contributed by atoms with E-state index in [1.54, 1.807) is 42.7 Å². The number of phenolic OH excluding ortho intramolecular Hbond substituents is 3. The van der Waals surface area contributed by atoms with Crippen LogP contribution < -0.4 is 0 Å². The molecule has 2 unspecified atom stereocenters. The van der Waals surface area contributed by atoms with Crippen molar-refractivity contribution < 1.29 is 15.3 Å². The standard InChI is InChI=1S/C30H24N2O3/c33-23-12-7-20(8-13-23)29(26-5-1-3-17-31-26)22-11-16-28(35)25(19-22)30(27-6-2-4-18-32-27)21-9-14-24(34)15-10-21/h1-19,29-30,33-35H. The van der Waals surface area contributed by atoms with Crippen LogP contribution in [0.2, 0.25) is 0 Å². The minimum absolute atomic E-state index is 0.156. The summed E-state index contributed by atoms with van der Waals surface area (Å²) in [7, 11) is 0. The fraction of sp³-hybridized carbons (Fsp3) is 0.0667. The number of pyridine rings is 2. The Hall–Kier alpha value is -4.64. The van der Waals surface area contributed by atoms with Gasteiger partial charge in [0.05, 0.1) is 23.2 Å². The zero-order valence-electron chi connectivity index (χ0n) is 18.9. The topological polar surface area (TPSA) is 86.5 Å². The van der Waals surface area contributed by atoms with E-state index in [-0.39, 0.29) is 29.1 Å². The van der Waals surface area contributed by atoms with Crippen molar-refractivity contribution >= 4 is 0 Å². The maximum atomic E-state index is 11.0. The second kappa shape index (κ2) is 9.69. The van der Waals surface area contributed by atoms with Crippen molar-refractivity contribution in [3.8, 4) is 17.2 Å². The van der Waals surface area contributed by atoms with Crippen molar-refractivity contribution in [3.63, 3.8) is 0 Å². The van der Waals surface area contributed by atoms with E-state index < -0.39 is 0 Å². The molecule has 5 rings (SSSR count). The normalized spacial score (nSPS) is 12.7. The Bertz CT molecular complexity index is 1400. The highest BCUT2D eigenvalue weighted by atomic mass is 16.3. The molecule has 0 radical (unpaired) electrons. The highest BCUT2D eigenvalue weighted by Crippen LogP contribution is 2.40. The maximum Gasteiger partial charge on any atom is 0.119 e. The SMILES string of the molecule is Oc1ccc(C(c2ccc(O)c(C(c3ccc(O)cc3)c3ccccn3)c2)c2ccccn2)cc1. The molecular formula is C30H24N2O3. The molecule has 0 amide bonds. The van der Waals surface area contributed by atoms with Crippen molar-refractivity contribution in [2.75, 3.05) is 0 Å². The van der Waals surface area contributed by atoms with E-state index in [0.717, 1.165) is 28.1 Å². The van der Waals surface area contributed by atoms with Gasteiger partial charge in [-0.15, -0.1) is 0 Å². The first-order valence-electron chi connectivity index (χ1n) is 11.3. The molecular weight excluding hydrogens is 436 g/mol. The summed E-state index contributed by atoms with van der Waals surface area (Å²) in [5, 5.41) is 30.7. The van der Waals surface area contributed by atoms with Crippen LogP contribution in [0.25, 0.3) is 0 Å². The fourth-order valence-electron chi connectivity index (χ4n) is 4.45. The smallest absolute Gasteiger partial charge is 0.119 e. The first kappa shape index (κ1) is 22.2. The van der Waals surface area contributed by atoms with E-state index in [4.69, 9.17) is 0 Å². The molecule has 5 aromatic rings. The lowest BCUT2D eigenvalue weighted by atomic mass is 9.82. The minimum atomic E-state index is -0.346. The van der Waals surface area contributed by atoms with Gasteiger partial charge in [0.1, 0.15) is 17.2 Å². The van der Waals surface area contributed by atoms with Gasteiger partial charge in [0, 0.05) is 18.0 Å². The van der Waals surface area contributed by atoms with E-state index >= 15 is 0 Å². The number of nitrogens with zero attached hydrogens (tertiary/aromatic N) is 2. The molecule has 5 heteroatoms. The summed E-state index contributed by atoms with van der Waals surface area (Å²) in [6, 6.07) is 31.2. The lowest BCUT2D eigenvalue weighted by molar-refractivity contribution is 0.466. The van der Waals surface area contributed by atoms with Gasteiger partial charge in [0.25, 0.3) is 0 Å². The summed E-state index contributed by atoms with van der Waals surface area (Å²) in [5.74, 6) is -0.0271. The van der Waals surface area contributed by atoms with Crippen molar-refractivity contribution in [2.24, 2.45) is 0 Å². The van der Waals surface area contributed by atoms with Crippen LogP contribution in [0.3, 0.4) is 0 Å². The highest BCUT2D eigenvalue weighted by molar-refractivity contribution is 5.52. The molecule has 5 nitrogen and oxygen atoms in total. The first-order chi connectivity index (χ1) is 17.1. The largest absolute Gasteiger partial charge is 0.508 e. The van der Waals surface area contributed by atoms with Crippen LogP contribution in [0.4, 0.5) is 0 Å². The predicted molar refractivity (Wildman–Crippen MR) is 135 cm³/mol. The summed E-state index contributed by atoms with van der Waals surface area (Å²) in [6.45, 7) is 0. The van der Waals surface area contributed by atoms with E-state index in [2.05, 4.69) is 9.97 Å². The molecule has 172 valence electrons. The minimum Gasteiger partial charge on any atom is -0.508 e. The highest BCUT2D eigenvalue weighted by Gasteiger charge is 2.25. The molecule has 0 aliphatic heterocycles. The zero-order chi connectivity index (χ0) is 24.2. The first-order valence-corrected chi connectivity index (χ1v) is 11.3. The van der Waals surface area contributed by atoms with Crippen LogP contribution in [0, 0.1) is 0 Å². The molecule has 0 saturated heterocycles. The van der Waals surface area contributed by atoms with Crippen LogP contribution in [-0.4, -0.2) is 25.3 Å². The third-order valence-corrected chi connectivity index (χ3v) is 6.12. The average molecular weight is 461 g/mol. The van der Waals surface area contributed by atoms with E-state index in [0.29, 0.717) is 5.56 Å². The van der Waals surface area contributed by atoms with Gasteiger partial charge >= 0.3 is 0 Å². The molecule has 0 saturated carbocycles. The Morgan fingerprint density at radius 2 is 0.971 bits per heavy atom. The van der Waals surface area contributed by atoms with E-state index in [1.165, 1.54) is 0 Å². The number of hydrogen-bond acceptors (Lipinski definition) is 5. The van der Waals surface area contributed by atoms with Gasteiger partial charge in [0.2, 0.25) is 0 Å². The van der Waals surface area contributed by atoms with Crippen molar-refractivity contribution in [2.45, 2.75) is 11.8 Å². The fourth-order valence-corrected chi connectivity index (χ4v) is 4.45. The molecule has 0 aliphatic rings. The number of aromatic hydroxyl groups is 3. The lowest BCUT2D eigenvalue weighted by Crippen LogP contribution is -2.09. The lowest BCUT2D eigenvalue weighted by Gasteiger charge is -2.23. The third kappa shape index (κ3) is 4.70. The van der Waals surface area contributed by atoms with Crippen molar-refractivity contribution in [1.29, 1.82) is 0 Å². The Labute approximate surface area is 203 Å². The van der Waals surface area contributed by atoms with Crippen LogP contribution in [0.5, 0.6) is 17.2 Å². The van der Waals surface area contributed by atoms with Crippen LogP contribution in [0.15, 0.2) is 116 Å². The quantitative estimate of drug-likeness (QED) is 0.291. The van der Waals surface area contributed by atoms with Crippen LogP contribution >= 0.6 is 0 Å². The summed E-state index contributed by atoms with van der Waals surface area (Å²) < 4.78 is 0. The van der Waals surface area contributed by atoms with E-state index in [9.17, 15) is 15.3 Å². The molecule has 0 aliphatic carbocycles. The molecule has 35 heavy (non-hydrogen) atoms. The van der Waals surface area contributed by atoms with Gasteiger partial charge in [-0.3, -0.25) is 9.97 Å². The number of rotatable bonds is 6. The molecule has 2 aromatic heterocycles. The monoisotopic (exact) mass is 460 g/mol. The summed E-state index contributed by atoms with van der Waals surface area (Å²) in [4.78, 5) is 9.19. The summed E-state index contributed by atoms with van der Waals surface area (Å²) in [5.41, 5.74) is 5.15. The molecule has 2 heterocycles. The molecule has 0 bridgehead atoms. The maximum absolute atomic E-state index is 11.0. The van der Waals surface area contributed by atoms with Crippen molar-refractivity contribution in [3.05, 3.63) is 149 Å².